The van der Waals surface area contributed by atoms with Crippen LogP contribution in [0, 0.1) is 0 Å². The van der Waals surface area contributed by atoms with Crippen LogP contribution in [0.3, 0.4) is 0 Å². The van der Waals surface area contributed by atoms with Crippen molar-refractivity contribution in [3.8, 4) is 0 Å². The van der Waals surface area contributed by atoms with E-state index in [2.05, 4.69) is 19.9 Å². The van der Waals surface area contributed by atoms with Gasteiger partial charge in [-0.15, -0.1) is 0 Å². The maximum atomic E-state index is 12.2. The number of aromatic nitrogens is 3. The molecule has 0 atom stereocenters. The van der Waals surface area contributed by atoms with E-state index in [-0.39, 0.29) is 22.5 Å². The summed E-state index contributed by atoms with van der Waals surface area (Å²) >= 11 is 0. The Morgan fingerprint density at radius 3 is 2.76 bits per heavy atom. The molecular weight excluding hydrogens is 296 g/mol. The van der Waals surface area contributed by atoms with Crippen LogP contribution in [0.25, 0.3) is 0 Å². The van der Waals surface area contributed by atoms with Crippen molar-refractivity contribution in [2.75, 3.05) is 4.72 Å². The molecule has 0 saturated carbocycles. The average Bonchev–Trinajstić information content (AvgIpc) is 2.88. The quantitative estimate of drug-likeness (QED) is 0.801. The van der Waals surface area contributed by atoms with Gasteiger partial charge < -0.3 is 4.74 Å². The van der Waals surface area contributed by atoms with Gasteiger partial charge in [0.15, 0.2) is 5.03 Å². The van der Waals surface area contributed by atoms with Gasteiger partial charge in [-0.3, -0.25) is 9.82 Å². The molecule has 2 heterocycles. The number of H-pyrrole nitrogens is 1. The number of nitrogens with zero attached hydrogens (tertiary/aromatic N) is 2. The molecular formula is C12H14N4O4S. The number of hydrogen-bond acceptors (Lipinski definition) is 6. The summed E-state index contributed by atoms with van der Waals surface area (Å²) in [6, 6.07) is 4.77. The lowest BCUT2D eigenvalue weighted by Gasteiger charge is -2.09. The van der Waals surface area contributed by atoms with Gasteiger partial charge in [-0.25, -0.2) is 9.78 Å². The predicted octanol–water partition coefficient (Wildman–Crippen LogP) is 1.17. The molecule has 0 saturated heterocycles. The summed E-state index contributed by atoms with van der Waals surface area (Å²) in [5.41, 5.74) is -0.160. The zero-order valence-corrected chi connectivity index (χ0v) is 12.2. The van der Waals surface area contributed by atoms with Gasteiger partial charge in [-0.2, -0.15) is 13.5 Å². The highest BCUT2D eigenvalue weighted by Crippen LogP contribution is 2.17. The van der Waals surface area contributed by atoms with Gasteiger partial charge in [0, 0.05) is 6.20 Å². The number of pyridine rings is 1. The zero-order chi connectivity index (χ0) is 15.5. The first-order chi connectivity index (χ1) is 9.90. The number of ether oxygens (including phenoxy) is 1. The second-order valence-corrected chi connectivity index (χ2v) is 6.01. The molecule has 0 aromatic carbocycles. The van der Waals surface area contributed by atoms with Gasteiger partial charge in [-0.1, -0.05) is 6.07 Å². The van der Waals surface area contributed by atoms with Crippen LogP contribution in [0.5, 0.6) is 0 Å². The number of aromatic amines is 1. The fourth-order valence-corrected chi connectivity index (χ4v) is 2.61. The maximum Gasteiger partial charge on any atom is 0.343 e. The molecule has 0 aliphatic carbocycles. The molecule has 0 spiro atoms. The third-order valence-corrected chi connectivity index (χ3v) is 3.67. The maximum absolute atomic E-state index is 12.2. The molecule has 0 bridgehead atoms. The molecule has 8 nitrogen and oxygen atoms in total. The van der Waals surface area contributed by atoms with Crippen molar-refractivity contribution in [1.29, 1.82) is 0 Å². The molecule has 0 amide bonds. The number of nitrogens with one attached hydrogen (secondary N) is 2. The van der Waals surface area contributed by atoms with Gasteiger partial charge in [-0.05, 0) is 26.0 Å². The predicted molar refractivity (Wildman–Crippen MR) is 74.2 cm³/mol. The first kappa shape index (κ1) is 15.0. The highest BCUT2D eigenvalue weighted by atomic mass is 32.2. The molecule has 0 aliphatic rings. The minimum absolute atomic E-state index is 0.135. The van der Waals surface area contributed by atoms with E-state index in [1.54, 1.807) is 26.0 Å². The number of esters is 1. The Balaban J connectivity index is 2.29. The monoisotopic (exact) mass is 310 g/mol. The Kier molecular flexibility index (Phi) is 4.22. The second kappa shape index (κ2) is 5.92. The summed E-state index contributed by atoms with van der Waals surface area (Å²) in [6.45, 7) is 3.33. The summed E-state index contributed by atoms with van der Waals surface area (Å²) < 4.78 is 31.7. The molecule has 9 heteroatoms. The Labute approximate surface area is 121 Å². The average molecular weight is 310 g/mol. The molecule has 0 unspecified atom stereocenters. The number of hydrogen-bond donors (Lipinski definition) is 2. The van der Waals surface area contributed by atoms with Crippen molar-refractivity contribution in [3.05, 3.63) is 36.2 Å². The highest BCUT2D eigenvalue weighted by molar-refractivity contribution is 7.92. The summed E-state index contributed by atoms with van der Waals surface area (Å²) in [5, 5.41) is 5.52. The van der Waals surface area contributed by atoms with Crippen LogP contribution < -0.4 is 4.72 Å². The van der Waals surface area contributed by atoms with Crippen LogP contribution in [-0.2, 0) is 14.8 Å². The van der Waals surface area contributed by atoms with Crippen molar-refractivity contribution in [2.24, 2.45) is 0 Å². The van der Waals surface area contributed by atoms with Crippen molar-refractivity contribution in [3.63, 3.8) is 0 Å². The van der Waals surface area contributed by atoms with Crippen molar-refractivity contribution < 1.29 is 17.9 Å². The summed E-state index contributed by atoms with van der Waals surface area (Å²) in [6.07, 6.45) is 2.18. The van der Waals surface area contributed by atoms with E-state index >= 15 is 0 Å². The smallest absolute Gasteiger partial charge is 0.343 e. The second-order valence-electron chi connectivity index (χ2n) is 4.39. The van der Waals surface area contributed by atoms with Crippen LogP contribution in [0.2, 0.25) is 0 Å². The Hall–Kier alpha value is -2.42. The normalized spacial score (nSPS) is 11.4. The highest BCUT2D eigenvalue weighted by Gasteiger charge is 2.26. The zero-order valence-electron chi connectivity index (χ0n) is 11.4. The van der Waals surface area contributed by atoms with Crippen LogP contribution in [0.15, 0.2) is 35.6 Å². The van der Waals surface area contributed by atoms with Gasteiger partial charge in [0.1, 0.15) is 11.4 Å². The number of sulfonamides is 1. The Morgan fingerprint density at radius 2 is 2.14 bits per heavy atom. The summed E-state index contributed by atoms with van der Waals surface area (Å²) in [4.78, 5) is 15.7. The molecule has 0 radical (unpaired) electrons. The molecule has 21 heavy (non-hydrogen) atoms. The molecule has 0 aliphatic heterocycles. The van der Waals surface area contributed by atoms with Crippen molar-refractivity contribution in [2.45, 2.75) is 25.0 Å². The van der Waals surface area contributed by atoms with Gasteiger partial charge in [0.05, 0.1) is 12.3 Å². The molecule has 2 aromatic rings. The Morgan fingerprint density at radius 1 is 1.38 bits per heavy atom. The van der Waals surface area contributed by atoms with Crippen LogP contribution >= 0.6 is 0 Å². The number of rotatable bonds is 5. The van der Waals surface area contributed by atoms with E-state index in [0.717, 1.165) is 6.20 Å². The SMILES string of the molecule is CC(C)OC(=O)c1cn[nH]c1S(=O)(=O)Nc1ccccn1. The van der Waals surface area contributed by atoms with Crippen molar-refractivity contribution in [1.82, 2.24) is 15.2 Å². The lowest BCUT2D eigenvalue weighted by molar-refractivity contribution is 0.0373. The number of carbonyl (C=O) groups is 1. The number of carbonyl (C=O) groups excluding carboxylic acids is 1. The minimum Gasteiger partial charge on any atom is -0.459 e. The largest absolute Gasteiger partial charge is 0.459 e. The van der Waals surface area contributed by atoms with Crippen LogP contribution in [0.1, 0.15) is 24.2 Å². The van der Waals surface area contributed by atoms with E-state index in [4.69, 9.17) is 4.74 Å². The van der Waals surface area contributed by atoms with E-state index in [1.165, 1.54) is 12.3 Å². The minimum atomic E-state index is -4.01. The van der Waals surface area contributed by atoms with Crippen molar-refractivity contribution >= 4 is 21.8 Å². The summed E-state index contributed by atoms with van der Waals surface area (Å²) in [5.74, 6) is -0.629. The standard InChI is InChI=1S/C12H14N4O4S/c1-8(2)20-12(17)9-7-14-15-11(9)21(18,19)16-10-5-3-4-6-13-10/h3-8H,1-2H3,(H,13,16)(H,14,15). The molecule has 0 fully saturated rings. The van der Waals surface area contributed by atoms with E-state index in [0.29, 0.717) is 0 Å². The molecule has 2 N–H and O–H groups in total. The first-order valence-electron chi connectivity index (χ1n) is 6.08. The van der Waals surface area contributed by atoms with E-state index < -0.39 is 16.0 Å². The van der Waals surface area contributed by atoms with E-state index in [1.807, 2.05) is 0 Å². The topological polar surface area (TPSA) is 114 Å². The molecule has 2 aromatic heterocycles. The van der Waals surface area contributed by atoms with Crippen LogP contribution in [0.4, 0.5) is 5.82 Å². The fourth-order valence-electron chi connectivity index (χ4n) is 1.51. The fraction of sp³-hybridized carbons (Fsp3) is 0.250. The first-order valence-corrected chi connectivity index (χ1v) is 7.56. The van der Waals surface area contributed by atoms with E-state index in [9.17, 15) is 13.2 Å². The van der Waals surface area contributed by atoms with Gasteiger partial charge >= 0.3 is 5.97 Å². The Bertz CT molecular complexity index is 725. The van der Waals surface area contributed by atoms with Gasteiger partial charge in [0.25, 0.3) is 10.0 Å². The van der Waals surface area contributed by atoms with Crippen LogP contribution in [-0.4, -0.2) is 35.7 Å². The number of anilines is 1. The van der Waals surface area contributed by atoms with Gasteiger partial charge in [0.2, 0.25) is 0 Å². The molecule has 2 rings (SSSR count). The lowest BCUT2D eigenvalue weighted by atomic mass is 10.3. The third kappa shape index (κ3) is 3.57. The molecule has 112 valence electrons. The lowest BCUT2D eigenvalue weighted by Crippen LogP contribution is -2.19. The summed E-state index contributed by atoms with van der Waals surface area (Å²) in [7, 11) is -4.01. The third-order valence-electron chi connectivity index (χ3n) is 2.34.